The molecule has 0 aromatic heterocycles. The number of nitrogens with two attached hydrogens (primary N) is 1. The van der Waals surface area contributed by atoms with Gasteiger partial charge in [-0.25, -0.2) is 0 Å². The van der Waals surface area contributed by atoms with Crippen LogP contribution < -0.4 is 15.8 Å². The molecule has 0 fully saturated rings. The van der Waals surface area contributed by atoms with Crippen molar-refractivity contribution >= 4 is 23.3 Å². The molecule has 22 heavy (non-hydrogen) atoms. The molecular weight excluding hydrogens is 302 g/mol. The Morgan fingerprint density at radius 2 is 1.91 bits per heavy atom. The summed E-state index contributed by atoms with van der Waals surface area (Å²) < 4.78 is 5.51. The zero-order chi connectivity index (χ0) is 15.9. The number of benzene rings is 2. The number of amidine groups is 1. The van der Waals surface area contributed by atoms with E-state index in [1.807, 2.05) is 0 Å². The fraction of sp³-hybridized carbons (Fsp3) is 0.125. The van der Waals surface area contributed by atoms with E-state index in [-0.39, 0.29) is 11.7 Å². The van der Waals surface area contributed by atoms with E-state index in [2.05, 4.69) is 5.32 Å². The van der Waals surface area contributed by atoms with Crippen molar-refractivity contribution in [2.75, 3.05) is 13.2 Å². The van der Waals surface area contributed by atoms with Crippen LogP contribution in [0.4, 0.5) is 0 Å². The first-order valence-electron chi connectivity index (χ1n) is 6.67. The first-order chi connectivity index (χ1) is 10.6. The summed E-state index contributed by atoms with van der Waals surface area (Å²) in [7, 11) is 0. The molecule has 0 spiro atoms. The Hall–Kier alpha value is -2.53. The van der Waals surface area contributed by atoms with E-state index < -0.39 is 0 Å². The molecule has 0 aliphatic heterocycles. The lowest BCUT2D eigenvalue weighted by Gasteiger charge is -2.09. The third-order valence-electron chi connectivity index (χ3n) is 2.91. The fourth-order valence-corrected chi connectivity index (χ4v) is 1.92. The third-order valence-corrected chi connectivity index (χ3v) is 3.16. The van der Waals surface area contributed by atoms with Gasteiger partial charge in [-0.15, -0.1) is 0 Å². The molecule has 0 heterocycles. The number of hydrogen-bond acceptors (Lipinski definition) is 3. The van der Waals surface area contributed by atoms with Crippen molar-refractivity contribution in [1.29, 1.82) is 5.41 Å². The zero-order valence-electron chi connectivity index (χ0n) is 11.8. The summed E-state index contributed by atoms with van der Waals surface area (Å²) in [5, 5.41) is 10.7. The van der Waals surface area contributed by atoms with Crippen molar-refractivity contribution in [3.05, 3.63) is 64.7 Å². The van der Waals surface area contributed by atoms with E-state index in [0.717, 1.165) is 0 Å². The highest BCUT2D eigenvalue weighted by Crippen LogP contribution is 2.12. The number of amides is 1. The van der Waals surface area contributed by atoms with Gasteiger partial charge in [0, 0.05) is 16.1 Å². The summed E-state index contributed by atoms with van der Waals surface area (Å²) in [5.41, 5.74) is 6.56. The zero-order valence-corrected chi connectivity index (χ0v) is 12.6. The normalized spacial score (nSPS) is 10.0. The largest absolute Gasteiger partial charge is 0.492 e. The van der Waals surface area contributed by atoms with Crippen molar-refractivity contribution in [2.45, 2.75) is 0 Å². The standard InChI is InChI=1S/C16H16ClN3O2/c17-13-6-4-11(5-7-13)16(21)20-8-9-22-14-3-1-2-12(10-14)15(18)19/h1-7,10H,8-9H2,(H3,18,19)(H,20,21). The molecule has 0 aliphatic rings. The number of carbonyl (C=O) groups excluding carboxylic acids is 1. The average Bonchev–Trinajstić information content (AvgIpc) is 2.52. The van der Waals surface area contributed by atoms with Crippen LogP contribution in [0.3, 0.4) is 0 Å². The second kappa shape index (κ2) is 7.47. The molecule has 114 valence electrons. The van der Waals surface area contributed by atoms with Crippen molar-refractivity contribution in [2.24, 2.45) is 5.73 Å². The van der Waals surface area contributed by atoms with E-state index >= 15 is 0 Å². The second-order valence-electron chi connectivity index (χ2n) is 4.55. The number of nitrogens with one attached hydrogen (secondary N) is 2. The molecular formula is C16H16ClN3O2. The molecule has 0 bridgehead atoms. The van der Waals surface area contributed by atoms with Crippen molar-refractivity contribution in [3.63, 3.8) is 0 Å². The van der Waals surface area contributed by atoms with Gasteiger partial charge in [0.2, 0.25) is 0 Å². The maximum Gasteiger partial charge on any atom is 0.251 e. The molecule has 0 atom stereocenters. The number of ether oxygens (including phenoxy) is 1. The fourth-order valence-electron chi connectivity index (χ4n) is 1.79. The van der Waals surface area contributed by atoms with Gasteiger partial charge >= 0.3 is 0 Å². The summed E-state index contributed by atoms with van der Waals surface area (Å²) >= 11 is 5.77. The monoisotopic (exact) mass is 317 g/mol. The van der Waals surface area contributed by atoms with E-state index in [1.54, 1.807) is 48.5 Å². The van der Waals surface area contributed by atoms with Gasteiger partial charge in [-0.2, -0.15) is 0 Å². The third kappa shape index (κ3) is 4.49. The van der Waals surface area contributed by atoms with Crippen molar-refractivity contribution < 1.29 is 9.53 Å². The van der Waals surface area contributed by atoms with Crippen LogP contribution in [0.2, 0.25) is 5.02 Å². The summed E-state index contributed by atoms with van der Waals surface area (Å²) in [6.07, 6.45) is 0. The molecule has 2 aromatic carbocycles. The Kier molecular flexibility index (Phi) is 5.38. The van der Waals surface area contributed by atoms with Crippen molar-refractivity contribution in [3.8, 4) is 5.75 Å². The number of carbonyl (C=O) groups is 1. The molecule has 0 saturated heterocycles. The number of hydrogen-bond donors (Lipinski definition) is 3. The van der Waals surface area contributed by atoms with Gasteiger partial charge in [-0.1, -0.05) is 23.7 Å². The van der Waals surface area contributed by atoms with Gasteiger partial charge in [0.05, 0.1) is 6.54 Å². The first-order valence-corrected chi connectivity index (χ1v) is 7.05. The van der Waals surface area contributed by atoms with Gasteiger partial charge in [0.1, 0.15) is 18.2 Å². The van der Waals surface area contributed by atoms with Crippen LogP contribution in [-0.4, -0.2) is 24.9 Å². The van der Waals surface area contributed by atoms with Crippen LogP contribution in [0.5, 0.6) is 5.75 Å². The average molecular weight is 318 g/mol. The molecule has 0 saturated carbocycles. The number of rotatable bonds is 6. The minimum absolute atomic E-state index is 0.0125. The van der Waals surface area contributed by atoms with Gasteiger partial charge in [-0.05, 0) is 36.4 Å². The van der Waals surface area contributed by atoms with E-state index in [9.17, 15) is 4.79 Å². The van der Waals surface area contributed by atoms with Crippen LogP contribution in [0.15, 0.2) is 48.5 Å². The smallest absolute Gasteiger partial charge is 0.251 e. The Morgan fingerprint density at radius 1 is 1.18 bits per heavy atom. The minimum atomic E-state index is -0.183. The summed E-state index contributed by atoms with van der Waals surface area (Å²) in [5.74, 6) is 0.410. The van der Waals surface area contributed by atoms with Crippen LogP contribution in [-0.2, 0) is 0 Å². The highest BCUT2D eigenvalue weighted by atomic mass is 35.5. The maximum absolute atomic E-state index is 11.9. The van der Waals surface area contributed by atoms with Gasteiger partial charge in [0.25, 0.3) is 5.91 Å². The molecule has 2 aromatic rings. The summed E-state index contributed by atoms with van der Waals surface area (Å²) in [6, 6.07) is 13.6. The summed E-state index contributed by atoms with van der Waals surface area (Å²) in [6.45, 7) is 0.687. The van der Waals surface area contributed by atoms with Crippen LogP contribution in [0.25, 0.3) is 0 Å². The molecule has 0 unspecified atom stereocenters. The van der Waals surface area contributed by atoms with Gasteiger partial charge < -0.3 is 15.8 Å². The second-order valence-corrected chi connectivity index (χ2v) is 4.99. The number of nitrogen functional groups attached to an aromatic ring is 1. The van der Waals surface area contributed by atoms with Gasteiger partial charge in [-0.3, -0.25) is 10.2 Å². The van der Waals surface area contributed by atoms with Gasteiger partial charge in [0.15, 0.2) is 0 Å². The molecule has 0 radical (unpaired) electrons. The van der Waals surface area contributed by atoms with E-state index in [4.69, 9.17) is 27.5 Å². The van der Waals surface area contributed by atoms with Crippen molar-refractivity contribution in [1.82, 2.24) is 5.32 Å². The predicted octanol–water partition coefficient (Wildman–Crippen LogP) is 2.43. The molecule has 2 rings (SSSR count). The summed E-state index contributed by atoms with van der Waals surface area (Å²) in [4.78, 5) is 11.9. The quantitative estimate of drug-likeness (QED) is 0.434. The Balaban J connectivity index is 1.79. The topological polar surface area (TPSA) is 88.2 Å². The number of halogens is 1. The SMILES string of the molecule is N=C(N)c1cccc(OCCNC(=O)c2ccc(Cl)cc2)c1. The van der Waals surface area contributed by atoms with E-state index in [0.29, 0.717) is 35.1 Å². The Labute approximate surface area is 133 Å². The first kappa shape index (κ1) is 15.9. The highest BCUT2D eigenvalue weighted by Gasteiger charge is 2.04. The Morgan fingerprint density at radius 3 is 2.59 bits per heavy atom. The van der Waals surface area contributed by atoms with Crippen LogP contribution >= 0.6 is 11.6 Å². The molecule has 6 heteroatoms. The molecule has 1 amide bonds. The Bertz CT molecular complexity index is 671. The van der Waals surface area contributed by atoms with Crippen LogP contribution in [0, 0.1) is 5.41 Å². The van der Waals surface area contributed by atoms with Crippen LogP contribution in [0.1, 0.15) is 15.9 Å². The predicted molar refractivity (Wildman–Crippen MR) is 86.7 cm³/mol. The maximum atomic E-state index is 11.9. The van der Waals surface area contributed by atoms with E-state index in [1.165, 1.54) is 0 Å². The molecule has 4 N–H and O–H groups in total. The molecule has 5 nitrogen and oxygen atoms in total. The minimum Gasteiger partial charge on any atom is -0.492 e. The lowest BCUT2D eigenvalue weighted by atomic mass is 10.2. The molecule has 0 aliphatic carbocycles. The lowest BCUT2D eigenvalue weighted by molar-refractivity contribution is 0.0947. The lowest BCUT2D eigenvalue weighted by Crippen LogP contribution is -2.28. The highest BCUT2D eigenvalue weighted by molar-refractivity contribution is 6.30.